The molecule has 1 aromatic carbocycles. The summed E-state index contributed by atoms with van der Waals surface area (Å²) < 4.78 is 19.5. The molecule has 1 aromatic rings. The van der Waals surface area contributed by atoms with Gasteiger partial charge in [-0.2, -0.15) is 0 Å². The van der Waals surface area contributed by atoms with Crippen molar-refractivity contribution in [3.63, 3.8) is 0 Å². The summed E-state index contributed by atoms with van der Waals surface area (Å²) in [6.45, 7) is 7.85. The summed E-state index contributed by atoms with van der Waals surface area (Å²) in [5.74, 6) is -0.812. The minimum atomic E-state index is -0.976. The Morgan fingerprint density at radius 1 is 0.929 bits per heavy atom. The summed E-state index contributed by atoms with van der Waals surface area (Å²) in [6.07, 6.45) is -1.70. The molecule has 0 aliphatic rings. The van der Waals surface area contributed by atoms with Crippen molar-refractivity contribution in [2.75, 3.05) is 13.2 Å². The number of hydrogen-bond donors (Lipinski definition) is 1. The van der Waals surface area contributed by atoms with Crippen LogP contribution in [0.5, 0.6) is 11.5 Å². The molecule has 0 amide bonds. The second kappa shape index (κ2) is 11.6. The van der Waals surface area contributed by atoms with Gasteiger partial charge in [0.1, 0.15) is 0 Å². The zero-order valence-electron chi connectivity index (χ0n) is 16.3. The van der Waals surface area contributed by atoms with Crippen molar-refractivity contribution in [3.05, 3.63) is 23.8 Å². The number of rotatable bonds is 9. The predicted molar refractivity (Wildman–Crippen MR) is 101 cm³/mol. The third kappa shape index (κ3) is 9.13. The number of aliphatic carboxylic acids is 1. The Bertz CT molecular complexity index is 687. The van der Waals surface area contributed by atoms with Gasteiger partial charge in [-0.25, -0.2) is 0 Å². The van der Waals surface area contributed by atoms with Gasteiger partial charge in [0.05, 0.1) is 0 Å². The molecule has 0 aliphatic heterocycles. The van der Waals surface area contributed by atoms with E-state index in [0.29, 0.717) is 5.56 Å². The molecule has 154 valence electrons. The van der Waals surface area contributed by atoms with Crippen LogP contribution in [-0.4, -0.2) is 53.5 Å². The van der Waals surface area contributed by atoms with E-state index in [4.69, 9.17) is 24.1 Å². The minimum absolute atomic E-state index is 0.0310. The Kier molecular flexibility index (Phi) is 9.86. The summed E-state index contributed by atoms with van der Waals surface area (Å²) in [7, 11) is 0. The number of benzene rings is 1. The van der Waals surface area contributed by atoms with Crippen LogP contribution in [0.3, 0.4) is 0 Å². The summed E-state index contributed by atoms with van der Waals surface area (Å²) in [4.78, 5) is 34.8. The van der Waals surface area contributed by atoms with Crippen LogP contribution in [-0.2, 0) is 20.7 Å². The first-order chi connectivity index (χ1) is 13.1. The zero-order chi connectivity index (χ0) is 21.3. The normalized spacial score (nSPS) is 11.8. The molecule has 0 saturated carbocycles. The van der Waals surface area contributed by atoms with Crippen molar-refractivity contribution in [2.45, 2.75) is 38.8 Å². The predicted octanol–water partition coefficient (Wildman–Crippen LogP) is 3.61. The molecule has 1 rings (SSSR count). The second-order valence-electron chi connectivity index (χ2n) is 6.95. The van der Waals surface area contributed by atoms with Crippen LogP contribution in [0.15, 0.2) is 18.2 Å². The van der Waals surface area contributed by atoms with Crippen molar-refractivity contribution >= 4 is 35.1 Å². The van der Waals surface area contributed by atoms with E-state index in [9.17, 15) is 14.4 Å². The summed E-state index contributed by atoms with van der Waals surface area (Å²) in [6, 6.07) is 4.43. The maximum atomic E-state index is 11.9. The molecule has 0 heterocycles. The summed E-state index contributed by atoms with van der Waals surface area (Å²) in [5.41, 5.74) is 0.586. The van der Waals surface area contributed by atoms with Gasteiger partial charge in [-0.1, -0.05) is 0 Å². The van der Waals surface area contributed by atoms with E-state index in [1.54, 1.807) is 6.07 Å². The van der Waals surface area contributed by atoms with Gasteiger partial charge in [0.2, 0.25) is 0 Å². The number of carbonyl (C=O) groups is 3. The molecule has 9 heteroatoms. The number of carboxylic acids is 1. The number of carboxylic acid groups (broad SMARTS) is 1. The van der Waals surface area contributed by atoms with Crippen LogP contribution < -0.4 is 9.47 Å². The SMILES string of the molecule is CC(C)COC(=O)Oc1ccc(C[C@H]([As])C(=O)O)cc1OC(=O)OCC(C)C. The van der Waals surface area contributed by atoms with E-state index in [1.807, 2.05) is 27.7 Å². The van der Waals surface area contributed by atoms with Crippen LogP contribution >= 0.6 is 0 Å². The van der Waals surface area contributed by atoms with Gasteiger partial charge >= 0.3 is 173 Å². The maximum absolute atomic E-state index is 11.9. The van der Waals surface area contributed by atoms with Crippen LogP contribution in [0, 0.1) is 11.8 Å². The first-order valence-electron chi connectivity index (χ1n) is 8.81. The van der Waals surface area contributed by atoms with Crippen LogP contribution in [0.1, 0.15) is 33.3 Å². The number of hydrogen-bond acceptors (Lipinski definition) is 7. The van der Waals surface area contributed by atoms with Crippen LogP contribution in [0.25, 0.3) is 0 Å². The molecule has 0 bridgehead atoms. The van der Waals surface area contributed by atoms with Gasteiger partial charge in [-0.05, 0) is 0 Å². The Hall–Kier alpha value is -2.21. The first-order valence-corrected chi connectivity index (χ1v) is 9.89. The molecular formula is C19H25AsO8. The summed E-state index contributed by atoms with van der Waals surface area (Å²) >= 11 is 2.06. The van der Waals surface area contributed by atoms with Crippen LogP contribution in [0.2, 0.25) is 4.71 Å². The molecule has 8 nitrogen and oxygen atoms in total. The van der Waals surface area contributed by atoms with E-state index < -0.39 is 23.0 Å². The molecule has 0 fully saturated rings. The average Bonchev–Trinajstić information content (AvgIpc) is 2.60. The van der Waals surface area contributed by atoms with E-state index in [2.05, 4.69) is 16.9 Å². The summed E-state index contributed by atoms with van der Waals surface area (Å²) in [5, 5.41) is 9.05. The third-order valence-electron chi connectivity index (χ3n) is 3.18. The van der Waals surface area contributed by atoms with Gasteiger partial charge in [-0.3, -0.25) is 0 Å². The van der Waals surface area contributed by atoms with Crippen molar-refractivity contribution in [1.82, 2.24) is 0 Å². The Morgan fingerprint density at radius 2 is 1.43 bits per heavy atom. The first kappa shape index (κ1) is 23.8. The van der Waals surface area contributed by atoms with E-state index >= 15 is 0 Å². The van der Waals surface area contributed by atoms with Crippen molar-refractivity contribution in [1.29, 1.82) is 0 Å². The van der Waals surface area contributed by atoms with Gasteiger partial charge in [0.15, 0.2) is 0 Å². The van der Waals surface area contributed by atoms with Gasteiger partial charge in [0, 0.05) is 0 Å². The molecule has 28 heavy (non-hydrogen) atoms. The fraction of sp³-hybridized carbons (Fsp3) is 0.526. The molecule has 1 atom stereocenters. The fourth-order valence-corrected chi connectivity index (χ4v) is 2.30. The van der Waals surface area contributed by atoms with Gasteiger partial charge in [0.25, 0.3) is 0 Å². The molecule has 0 saturated heterocycles. The zero-order valence-corrected chi connectivity index (χ0v) is 18.2. The monoisotopic (exact) mass is 456 g/mol. The Labute approximate surface area is 173 Å². The third-order valence-corrected chi connectivity index (χ3v) is 4.02. The van der Waals surface area contributed by atoms with E-state index in [0.717, 1.165) is 0 Å². The topological polar surface area (TPSA) is 108 Å². The average molecular weight is 456 g/mol. The van der Waals surface area contributed by atoms with Gasteiger partial charge < -0.3 is 0 Å². The molecule has 0 aromatic heterocycles. The fourth-order valence-electron chi connectivity index (χ4n) is 1.86. The van der Waals surface area contributed by atoms with E-state index in [-0.39, 0.29) is 43.0 Å². The molecule has 1 N–H and O–H groups in total. The number of ether oxygens (including phenoxy) is 4. The molecule has 0 unspecified atom stereocenters. The number of carbonyl (C=O) groups excluding carboxylic acids is 2. The van der Waals surface area contributed by atoms with E-state index in [1.165, 1.54) is 12.1 Å². The Balaban J connectivity index is 2.96. The molecule has 2 radical (unpaired) electrons. The standard InChI is InChI=1S/C19H25AsO8/c1-11(2)9-25-18(23)27-15-6-5-13(7-14(20)17(21)22)8-16(15)28-19(24)26-10-12(3)4/h5-6,8,11-12,14H,7,9-10H2,1-4H3,(H,21,22)/t14-/m0/s1. The quantitative estimate of drug-likeness (QED) is 0.341. The molecule has 0 aliphatic carbocycles. The molecule has 0 spiro atoms. The van der Waals surface area contributed by atoms with Crippen molar-refractivity contribution < 1.29 is 38.4 Å². The van der Waals surface area contributed by atoms with Crippen LogP contribution in [0.4, 0.5) is 9.59 Å². The molecular weight excluding hydrogens is 431 g/mol. The Morgan fingerprint density at radius 3 is 1.89 bits per heavy atom. The van der Waals surface area contributed by atoms with Crippen molar-refractivity contribution in [2.24, 2.45) is 11.8 Å². The van der Waals surface area contributed by atoms with Crippen molar-refractivity contribution in [3.8, 4) is 11.5 Å². The van der Waals surface area contributed by atoms with Gasteiger partial charge in [-0.15, -0.1) is 0 Å². The second-order valence-corrected chi connectivity index (χ2v) is 8.26.